The molecule has 0 spiro atoms. The number of rotatable bonds is 3. The van der Waals surface area contributed by atoms with Crippen molar-refractivity contribution >= 4 is 0 Å². The fourth-order valence-electron chi connectivity index (χ4n) is 4.26. The van der Waals surface area contributed by atoms with E-state index in [0.717, 1.165) is 12.0 Å². The molecule has 0 saturated heterocycles. The molecular weight excluding hydrogens is 230 g/mol. The Kier molecular flexibility index (Phi) is 6.36. The van der Waals surface area contributed by atoms with Crippen molar-refractivity contribution in [3.05, 3.63) is 0 Å². The molecule has 0 bridgehead atoms. The zero-order valence-electron chi connectivity index (χ0n) is 14.3. The highest BCUT2D eigenvalue weighted by atomic mass is 14.9. The summed E-state index contributed by atoms with van der Waals surface area (Å²) in [4.78, 5) is 0. The fourth-order valence-corrected chi connectivity index (χ4v) is 4.26. The number of hydrogen-bond donors (Lipinski definition) is 1. The lowest BCUT2D eigenvalue weighted by atomic mass is 9.66. The van der Waals surface area contributed by atoms with Gasteiger partial charge < -0.3 is 5.32 Å². The summed E-state index contributed by atoms with van der Waals surface area (Å²) < 4.78 is 0. The minimum atomic E-state index is 0.454. The monoisotopic (exact) mass is 267 g/mol. The largest absolute Gasteiger partial charge is 0.317 e. The van der Waals surface area contributed by atoms with E-state index in [9.17, 15) is 0 Å². The Morgan fingerprint density at radius 2 is 1.37 bits per heavy atom. The zero-order chi connectivity index (χ0) is 14.5. The lowest BCUT2D eigenvalue weighted by Gasteiger charge is -2.39. The second-order valence-electron chi connectivity index (χ2n) is 8.62. The average Bonchev–Trinajstić information content (AvgIpc) is 2.36. The predicted molar refractivity (Wildman–Crippen MR) is 86.5 cm³/mol. The first kappa shape index (κ1) is 17.0. The molecule has 0 radical (unpaired) electrons. The average molecular weight is 268 g/mol. The first-order valence-electron chi connectivity index (χ1n) is 8.42. The maximum atomic E-state index is 3.49. The third kappa shape index (κ3) is 6.29. The van der Waals surface area contributed by atoms with Crippen molar-refractivity contribution in [3.63, 3.8) is 0 Å². The van der Waals surface area contributed by atoms with Crippen LogP contribution in [0.3, 0.4) is 0 Å². The van der Waals surface area contributed by atoms with Crippen LogP contribution >= 0.6 is 0 Å². The first-order chi connectivity index (χ1) is 8.74. The van der Waals surface area contributed by atoms with Gasteiger partial charge in [0.15, 0.2) is 0 Å². The lowest BCUT2D eigenvalue weighted by Crippen LogP contribution is -2.29. The third-order valence-electron chi connectivity index (χ3n) is 4.96. The van der Waals surface area contributed by atoms with Gasteiger partial charge in [0.1, 0.15) is 0 Å². The Labute approximate surface area is 121 Å². The molecule has 0 aliphatic heterocycles. The highest BCUT2D eigenvalue weighted by molar-refractivity contribution is 4.84. The summed E-state index contributed by atoms with van der Waals surface area (Å²) in [6, 6.07) is 0.768. The summed E-state index contributed by atoms with van der Waals surface area (Å²) in [5, 5.41) is 3.49. The molecule has 2 atom stereocenters. The first-order valence-corrected chi connectivity index (χ1v) is 8.42. The van der Waals surface area contributed by atoms with Gasteiger partial charge in [0.25, 0.3) is 0 Å². The highest BCUT2D eigenvalue weighted by Gasteiger charge is 2.33. The van der Waals surface area contributed by atoms with Crippen molar-refractivity contribution < 1.29 is 0 Å². The SMILES string of the molecule is CNC1CCCCC(C(C)(C)CC(C)(C)C)CCC1. The molecule has 1 rings (SSSR count). The van der Waals surface area contributed by atoms with Gasteiger partial charge in [-0.2, -0.15) is 0 Å². The number of nitrogens with one attached hydrogen (secondary N) is 1. The minimum Gasteiger partial charge on any atom is -0.317 e. The summed E-state index contributed by atoms with van der Waals surface area (Å²) in [5.74, 6) is 0.919. The molecule has 2 unspecified atom stereocenters. The van der Waals surface area contributed by atoms with Gasteiger partial charge in [-0.25, -0.2) is 0 Å². The van der Waals surface area contributed by atoms with Crippen LogP contribution in [0.5, 0.6) is 0 Å². The van der Waals surface area contributed by atoms with Gasteiger partial charge in [-0.05, 0) is 55.9 Å². The van der Waals surface area contributed by atoms with Gasteiger partial charge in [0.05, 0.1) is 0 Å². The summed E-state index contributed by atoms with van der Waals surface area (Å²) >= 11 is 0. The van der Waals surface area contributed by atoms with Gasteiger partial charge in [-0.1, -0.05) is 53.9 Å². The van der Waals surface area contributed by atoms with Crippen LogP contribution < -0.4 is 5.32 Å². The summed E-state index contributed by atoms with van der Waals surface area (Å²) in [6.07, 6.45) is 11.2. The van der Waals surface area contributed by atoms with E-state index in [1.807, 2.05) is 0 Å². The standard InChI is InChI=1S/C18H37N/c1-17(2,3)14-18(4,5)15-10-7-8-12-16(19-6)13-9-11-15/h15-16,19H,7-14H2,1-6H3. The van der Waals surface area contributed by atoms with Crippen molar-refractivity contribution in [2.45, 2.75) is 92.0 Å². The Morgan fingerprint density at radius 3 is 1.95 bits per heavy atom. The molecule has 0 aromatic heterocycles. The third-order valence-corrected chi connectivity index (χ3v) is 4.96. The zero-order valence-corrected chi connectivity index (χ0v) is 14.3. The molecule has 0 aromatic rings. The van der Waals surface area contributed by atoms with E-state index in [2.05, 4.69) is 47.0 Å². The van der Waals surface area contributed by atoms with Gasteiger partial charge in [0.2, 0.25) is 0 Å². The van der Waals surface area contributed by atoms with Crippen molar-refractivity contribution in [2.75, 3.05) is 7.05 Å². The Bertz CT molecular complexity index is 249. The van der Waals surface area contributed by atoms with Gasteiger partial charge in [0, 0.05) is 6.04 Å². The second kappa shape index (κ2) is 7.11. The van der Waals surface area contributed by atoms with Crippen molar-refractivity contribution in [3.8, 4) is 0 Å². The Balaban J connectivity index is 2.60. The summed E-state index contributed by atoms with van der Waals surface area (Å²) in [5.41, 5.74) is 0.952. The molecule has 1 nitrogen and oxygen atoms in total. The van der Waals surface area contributed by atoms with E-state index >= 15 is 0 Å². The quantitative estimate of drug-likeness (QED) is 0.722. The molecule has 0 aromatic carbocycles. The van der Waals surface area contributed by atoms with E-state index in [1.165, 1.54) is 51.4 Å². The van der Waals surface area contributed by atoms with E-state index in [4.69, 9.17) is 0 Å². The minimum absolute atomic E-state index is 0.454. The molecule has 114 valence electrons. The van der Waals surface area contributed by atoms with Gasteiger partial charge in [-0.15, -0.1) is 0 Å². The smallest absolute Gasteiger partial charge is 0.00640 e. The summed E-state index contributed by atoms with van der Waals surface area (Å²) in [6.45, 7) is 12.2. The van der Waals surface area contributed by atoms with Crippen LogP contribution in [0.15, 0.2) is 0 Å². The molecule has 1 saturated carbocycles. The maximum Gasteiger partial charge on any atom is 0.00640 e. The highest BCUT2D eigenvalue weighted by Crippen LogP contribution is 2.43. The molecule has 1 heteroatoms. The van der Waals surface area contributed by atoms with Crippen LogP contribution in [-0.2, 0) is 0 Å². The second-order valence-corrected chi connectivity index (χ2v) is 8.62. The topological polar surface area (TPSA) is 12.0 Å². The lowest BCUT2D eigenvalue weighted by molar-refractivity contribution is 0.113. The molecule has 1 N–H and O–H groups in total. The van der Waals surface area contributed by atoms with Crippen LogP contribution in [0, 0.1) is 16.7 Å². The van der Waals surface area contributed by atoms with Crippen LogP contribution in [0.2, 0.25) is 0 Å². The molecule has 0 heterocycles. The molecule has 19 heavy (non-hydrogen) atoms. The van der Waals surface area contributed by atoms with Crippen molar-refractivity contribution in [1.29, 1.82) is 0 Å². The van der Waals surface area contributed by atoms with E-state index in [1.54, 1.807) is 0 Å². The molecule has 1 fully saturated rings. The van der Waals surface area contributed by atoms with Crippen molar-refractivity contribution in [2.24, 2.45) is 16.7 Å². The van der Waals surface area contributed by atoms with Gasteiger partial charge >= 0.3 is 0 Å². The van der Waals surface area contributed by atoms with Crippen LogP contribution in [0.1, 0.15) is 86.0 Å². The maximum absolute atomic E-state index is 3.49. The van der Waals surface area contributed by atoms with Crippen LogP contribution in [-0.4, -0.2) is 13.1 Å². The fraction of sp³-hybridized carbons (Fsp3) is 1.00. The van der Waals surface area contributed by atoms with Gasteiger partial charge in [-0.3, -0.25) is 0 Å². The number of hydrogen-bond acceptors (Lipinski definition) is 1. The molecular formula is C18H37N. The van der Waals surface area contributed by atoms with Crippen LogP contribution in [0.4, 0.5) is 0 Å². The molecule has 1 aliphatic carbocycles. The van der Waals surface area contributed by atoms with Crippen LogP contribution in [0.25, 0.3) is 0 Å². The summed E-state index contributed by atoms with van der Waals surface area (Å²) in [7, 11) is 2.13. The Hall–Kier alpha value is -0.0400. The Morgan fingerprint density at radius 1 is 0.842 bits per heavy atom. The van der Waals surface area contributed by atoms with Crippen molar-refractivity contribution in [1.82, 2.24) is 5.32 Å². The predicted octanol–water partition coefficient (Wildman–Crippen LogP) is 5.40. The molecule has 1 aliphatic rings. The van der Waals surface area contributed by atoms with E-state index in [-0.39, 0.29) is 0 Å². The van der Waals surface area contributed by atoms with E-state index in [0.29, 0.717) is 10.8 Å². The normalized spacial score (nSPS) is 27.5. The molecule has 0 amide bonds. The van der Waals surface area contributed by atoms with E-state index < -0.39 is 0 Å².